The minimum atomic E-state index is -0.144. The van der Waals surface area contributed by atoms with Crippen LogP contribution in [-0.4, -0.2) is 36.9 Å². The molecule has 0 unspecified atom stereocenters. The third-order valence-corrected chi connectivity index (χ3v) is 5.87. The zero-order chi connectivity index (χ0) is 20.1. The molecule has 146 valence electrons. The van der Waals surface area contributed by atoms with Gasteiger partial charge in [0.1, 0.15) is 0 Å². The maximum atomic E-state index is 12.3. The Hall–Kier alpha value is -3.04. The number of nitrogens with one attached hydrogen (secondary N) is 1. The molecule has 4 aromatic rings. The summed E-state index contributed by atoms with van der Waals surface area (Å²) in [4.78, 5) is 17.7. The van der Waals surface area contributed by atoms with E-state index in [1.807, 2.05) is 36.5 Å². The molecule has 2 heterocycles. The van der Waals surface area contributed by atoms with Crippen molar-refractivity contribution in [2.75, 3.05) is 11.1 Å². The molecule has 29 heavy (non-hydrogen) atoms. The molecule has 9 heteroatoms. The average Bonchev–Trinajstić information content (AvgIpc) is 3.36. The van der Waals surface area contributed by atoms with Crippen LogP contribution in [0.5, 0.6) is 0 Å². The van der Waals surface area contributed by atoms with Gasteiger partial charge in [0.25, 0.3) is 0 Å². The van der Waals surface area contributed by atoms with E-state index >= 15 is 0 Å². The quantitative estimate of drug-likeness (QED) is 0.457. The van der Waals surface area contributed by atoms with Crippen LogP contribution in [0, 0.1) is 6.92 Å². The van der Waals surface area contributed by atoms with Crippen LogP contribution >= 0.6 is 23.1 Å². The summed E-state index contributed by atoms with van der Waals surface area (Å²) in [5, 5.41) is 15.7. The summed E-state index contributed by atoms with van der Waals surface area (Å²) < 4.78 is 1.61. The van der Waals surface area contributed by atoms with Crippen LogP contribution in [0.4, 0.5) is 5.13 Å². The van der Waals surface area contributed by atoms with Gasteiger partial charge in [0.2, 0.25) is 11.1 Å². The lowest BCUT2D eigenvalue weighted by atomic mass is 10.1. The number of carbonyl (C=O) groups is 1. The number of thiazole rings is 1. The Labute approximate surface area is 176 Å². The molecule has 1 N–H and O–H groups in total. The first kappa shape index (κ1) is 19.3. The van der Waals surface area contributed by atoms with Gasteiger partial charge in [-0.3, -0.25) is 4.79 Å². The average molecular weight is 423 g/mol. The van der Waals surface area contributed by atoms with Gasteiger partial charge in [-0.05, 0) is 35.0 Å². The van der Waals surface area contributed by atoms with E-state index in [1.54, 1.807) is 4.68 Å². The number of tetrazole rings is 1. The molecule has 2 aromatic heterocycles. The van der Waals surface area contributed by atoms with Gasteiger partial charge in [-0.15, -0.1) is 16.4 Å². The second-order valence-electron chi connectivity index (χ2n) is 6.34. The van der Waals surface area contributed by atoms with Crippen molar-refractivity contribution < 1.29 is 4.79 Å². The molecule has 2 aromatic carbocycles. The normalized spacial score (nSPS) is 10.8. The Balaban J connectivity index is 1.33. The summed E-state index contributed by atoms with van der Waals surface area (Å²) in [6.45, 7) is 2.08. The molecule has 0 aliphatic rings. The molecule has 0 spiro atoms. The number of rotatable bonds is 7. The number of benzene rings is 2. The lowest BCUT2D eigenvalue weighted by Gasteiger charge is -2.04. The summed E-state index contributed by atoms with van der Waals surface area (Å²) in [7, 11) is 0. The smallest absolute Gasteiger partial charge is 0.236 e. The van der Waals surface area contributed by atoms with Crippen LogP contribution in [0.3, 0.4) is 0 Å². The molecule has 0 aliphatic heterocycles. The van der Waals surface area contributed by atoms with Gasteiger partial charge in [-0.1, -0.05) is 59.8 Å². The number of aryl methyl sites for hydroxylation is 1. The summed E-state index contributed by atoms with van der Waals surface area (Å²) in [6, 6.07) is 17.9. The monoisotopic (exact) mass is 422 g/mol. The van der Waals surface area contributed by atoms with Crippen molar-refractivity contribution in [3.8, 4) is 5.69 Å². The van der Waals surface area contributed by atoms with Crippen LogP contribution < -0.4 is 5.32 Å². The van der Waals surface area contributed by atoms with Crippen molar-refractivity contribution in [3.63, 3.8) is 0 Å². The lowest BCUT2D eigenvalue weighted by Crippen LogP contribution is -2.14. The largest absolute Gasteiger partial charge is 0.301 e. The third kappa shape index (κ3) is 5.07. The van der Waals surface area contributed by atoms with Crippen molar-refractivity contribution in [3.05, 3.63) is 76.8 Å². The first-order valence-corrected chi connectivity index (χ1v) is 10.7. The molecule has 1 amide bonds. The zero-order valence-corrected chi connectivity index (χ0v) is 17.3. The highest BCUT2D eigenvalue weighted by atomic mass is 32.2. The molecule has 4 rings (SSSR count). The Morgan fingerprint density at radius 1 is 1.17 bits per heavy atom. The minimum Gasteiger partial charge on any atom is -0.301 e. The minimum absolute atomic E-state index is 0.144. The fourth-order valence-corrected chi connectivity index (χ4v) is 4.31. The highest BCUT2D eigenvalue weighted by Crippen LogP contribution is 2.23. The Kier molecular flexibility index (Phi) is 5.97. The van der Waals surface area contributed by atoms with Crippen LogP contribution in [0.1, 0.15) is 16.0 Å². The molecule has 7 nitrogen and oxygen atoms in total. The van der Waals surface area contributed by atoms with Crippen molar-refractivity contribution in [1.29, 1.82) is 0 Å². The van der Waals surface area contributed by atoms with Crippen LogP contribution in [0.15, 0.2) is 66.0 Å². The number of thioether (sulfide) groups is 1. The number of aromatic nitrogens is 5. The van der Waals surface area contributed by atoms with Crippen LogP contribution in [0.25, 0.3) is 5.69 Å². The number of carbonyl (C=O) groups excluding carboxylic acids is 1. The van der Waals surface area contributed by atoms with Crippen molar-refractivity contribution in [2.24, 2.45) is 0 Å². The van der Waals surface area contributed by atoms with Gasteiger partial charge in [-0.2, -0.15) is 4.68 Å². The van der Waals surface area contributed by atoms with Gasteiger partial charge in [0, 0.05) is 17.5 Å². The molecule has 0 radical (unpaired) electrons. The maximum absolute atomic E-state index is 12.3. The number of hydrogen-bond acceptors (Lipinski definition) is 7. The van der Waals surface area contributed by atoms with Crippen molar-refractivity contribution in [2.45, 2.75) is 18.5 Å². The Bertz CT molecular complexity index is 1110. The number of para-hydroxylation sites is 1. The highest BCUT2D eigenvalue weighted by Gasteiger charge is 2.13. The van der Waals surface area contributed by atoms with E-state index in [0.717, 1.165) is 17.0 Å². The molecule has 0 saturated heterocycles. The predicted molar refractivity (Wildman–Crippen MR) is 115 cm³/mol. The Morgan fingerprint density at radius 3 is 2.86 bits per heavy atom. The van der Waals surface area contributed by atoms with Gasteiger partial charge >= 0.3 is 0 Å². The molecule has 0 atom stereocenters. The number of nitrogens with zero attached hydrogens (tertiary/aromatic N) is 5. The van der Waals surface area contributed by atoms with E-state index in [-0.39, 0.29) is 11.7 Å². The Morgan fingerprint density at radius 2 is 2.03 bits per heavy atom. The second kappa shape index (κ2) is 8.97. The fourth-order valence-electron chi connectivity index (χ4n) is 2.76. The van der Waals surface area contributed by atoms with Gasteiger partial charge in [-0.25, -0.2) is 4.98 Å². The van der Waals surface area contributed by atoms with Gasteiger partial charge < -0.3 is 5.32 Å². The van der Waals surface area contributed by atoms with Crippen LogP contribution in [0.2, 0.25) is 0 Å². The van der Waals surface area contributed by atoms with Gasteiger partial charge in [0.15, 0.2) is 5.13 Å². The number of anilines is 1. The summed E-state index contributed by atoms with van der Waals surface area (Å²) in [5.74, 6) is 0.0501. The molecule has 0 fully saturated rings. The fraction of sp³-hybridized carbons (Fsp3) is 0.150. The van der Waals surface area contributed by atoms with Crippen molar-refractivity contribution >= 4 is 34.1 Å². The second-order valence-corrected chi connectivity index (χ2v) is 8.40. The highest BCUT2D eigenvalue weighted by molar-refractivity contribution is 7.99. The first-order valence-electron chi connectivity index (χ1n) is 8.94. The molecular weight excluding hydrogens is 404 g/mol. The van der Waals surface area contributed by atoms with E-state index in [0.29, 0.717) is 10.3 Å². The predicted octanol–water partition coefficient (Wildman–Crippen LogP) is 3.75. The molecule has 0 bridgehead atoms. The topological polar surface area (TPSA) is 85.6 Å². The van der Waals surface area contributed by atoms with E-state index in [4.69, 9.17) is 0 Å². The van der Waals surface area contributed by atoms with E-state index < -0.39 is 0 Å². The summed E-state index contributed by atoms with van der Waals surface area (Å²) in [6.07, 6.45) is 2.61. The summed E-state index contributed by atoms with van der Waals surface area (Å²) >= 11 is 2.77. The number of amides is 1. The van der Waals surface area contributed by atoms with E-state index in [9.17, 15) is 4.79 Å². The van der Waals surface area contributed by atoms with E-state index in [2.05, 4.69) is 57.0 Å². The zero-order valence-electron chi connectivity index (χ0n) is 15.6. The van der Waals surface area contributed by atoms with Gasteiger partial charge in [0.05, 0.1) is 11.4 Å². The first-order chi connectivity index (χ1) is 14.2. The molecule has 0 aliphatic carbocycles. The standard InChI is InChI=1S/C20H18N6OS2/c1-14-6-5-7-15(10-14)11-17-12-21-19(29-17)22-18(27)13-28-20-23-24-25-26(20)16-8-3-2-4-9-16/h2-10,12H,11,13H2,1H3,(H,21,22,27). The lowest BCUT2D eigenvalue weighted by molar-refractivity contribution is -0.113. The SMILES string of the molecule is Cc1cccc(Cc2cnc(NC(=O)CSc3nnnn3-c3ccccc3)s2)c1. The van der Waals surface area contributed by atoms with Crippen LogP contribution in [-0.2, 0) is 11.2 Å². The summed E-state index contributed by atoms with van der Waals surface area (Å²) in [5.41, 5.74) is 3.31. The maximum Gasteiger partial charge on any atom is 0.236 e. The third-order valence-electron chi connectivity index (χ3n) is 4.03. The van der Waals surface area contributed by atoms with Crippen molar-refractivity contribution in [1.82, 2.24) is 25.2 Å². The molecular formula is C20H18N6OS2. The number of hydrogen-bond donors (Lipinski definition) is 1. The van der Waals surface area contributed by atoms with E-state index in [1.165, 1.54) is 34.2 Å². The molecule has 0 saturated carbocycles.